The van der Waals surface area contributed by atoms with Crippen molar-refractivity contribution in [1.82, 2.24) is 3.97 Å². The Morgan fingerprint density at radius 1 is 0.812 bits per heavy atom. The first-order chi connectivity index (χ1) is 15.4. The Hall–Kier alpha value is -3.71. The monoisotopic (exact) mass is 444 g/mol. The van der Waals surface area contributed by atoms with Gasteiger partial charge in [0.25, 0.3) is 21.8 Å². The van der Waals surface area contributed by atoms with Crippen molar-refractivity contribution >= 4 is 38.4 Å². The molecule has 0 saturated heterocycles. The third-order valence-corrected chi connectivity index (χ3v) is 7.65. The molecule has 2 heterocycles. The molecule has 5 rings (SSSR count). The number of carbonyl (C=O) groups is 2. The molecular weight excluding hydrogens is 424 g/mol. The molecule has 0 bridgehead atoms. The fourth-order valence-electron chi connectivity index (χ4n) is 4.52. The minimum Gasteiger partial charge on any atom is -0.268 e. The number of anilines is 1. The van der Waals surface area contributed by atoms with E-state index in [1.807, 2.05) is 13.0 Å². The van der Waals surface area contributed by atoms with Crippen molar-refractivity contribution in [2.45, 2.75) is 25.2 Å². The lowest BCUT2D eigenvalue weighted by Crippen LogP contribution is -2.29. The van der Waals surface area contributed by atoms with Gasteiger partial charge in [0.05, 0.1) is 27.2 Å². The highest BCUT2D eigenvalue weighted by atomic mass is 32.2. The summed E-state index contributed by atoms with van der Waals surface area (Å²) in [5, 5.41) is 0.666. The number of nitrogens with zero attached hydrogens (tertiary/aromatic N) is 2. The van der Waals surface area contributed by atoms with E-state index in [0.717, 1.165) is 0 Å². The molecule has 0 saturated carbocycles. The third kappa shape index (κ3) is 2.67. The topological polar surface area (TPSA) is 76.5 Å². The Kier molecular flexibility index (Phi) is 4.53. The van der Waals surface area contributed by atoms with Gasteiger partial charge in [-0.1, -0.05) is 43.3 Å². The summed E-state index contributed by atoms with van der Waals surface area (Å²) in [5.74, 6) is -0.813. The van der Waals surface area contributed by atoms with Gasteiger partial charge in [-0.25, -0.2) is 17.3 Å². The molecule has 0 radical (unpaired) electrons. The molecule has 0 atom stereocenters. The molecule has 32 heavy (non-hydrogen) atoms. The van der Waals surface area contributed by atoms with Gasteiger partial charge < -0.3 is 0 Å². The molecule has 3 aromatic carbocycles. The van der Waals surface area contributed by atoms with Crippen molar-refractivity contribution in [1.29, 1.82) is 0 Å². The van der Waals surface area contributed by atoms with Gasteiger partial charge in [0.2, 0.25) is 0 Å². The number of hydrogen-bond donors (Lipinski definition) is 0. The lowest BCUT2D eigenvalue weighted by atomic mass is 9.93. The lowest BCUT2D eigenvalue weighted by molar-refractivity contribution is 0.0926. The fraction of sp³-hybridized carbons (Fsp3) is 0.120. The summed E-state index contributed by atoms with van der Waals surface area (Å²) >= 11 is 0. The second kappa shape index (κ2) is 7.17. The molecule has 0 spiro atoms. The van der Waals surface area contributed by atoms with Crippen LogP contribution in [0.2, 0.25) is 0 Å². The minimum absolute atomic E-state index is 0.156. The normalized spacial score (nSPS) is 13.8. The van der Waals surface area contributed by atoms with E-state index < -0.39 is 15.9 Å². The fourth-order valence-corrected chi connectivity index (χ4v) is 5.95. The van der Waals surface area contributed by atoms with Crippen molar-refractivity contribution in [2.24, 2.45) is 0 Å². The molecule has 7 heteroatoms. The lowest BCUT2D eigenvalue weighted by Gasteiger charge is -2.13. The van der Waals surface area contributed by atoms with E-state index in [1.54, 1.807) is 55.5 Å². The van der Waals surface area contributed by atoms with Gasteiger partial charge in [0.1, 0.15) is 0 Å². The minimum atomic E-state index is -3.88. The predicted octanol–water partition coefficient (Wildman–Crippen LogP) is 4.55. The summed E-state index contributed by atoms with van der Waals surface area (Å²) in [6.07, 6.45) is 1.98. The number of aromatic nitrogens is 1. The molecule has 160 valence electrons. The Morgan fingerprint density at radius 3 is 2.03 bits per heavy atom. The largest absolute Gasteiger partial charge is 0.268 e. The number of aryl methyl sites for hydroxylation is 2. The third-order valence-electron chi connectivity index (χ3n) is 5.96. The smallest absolute Gasteiger partial charge is 0.268 e. The van der Waals surface area contributed by atoms with Crippen molar-refractivity contribution in [3.05, 3.63) is 95.2 Å². The molecule has 4 aromatic rings. The van der Waals surface area contributed by atoms with Gasteiger partial charge in [0, 0.05) is 11.6 Å². The molecule has 0 N–H and O–H groups in total. The maximum absolute atomic E-state index is 13.4. The number of benzene rings is 3. The first kappa shape index (κ1) is 20.2. The molecule has 1 aromatic heterocycles. The number of para-hydroxylation sites is 1. The second-order valence-electron chi connectivity index (χ2n) is 7.68. The zero-order valence-corrected chi connectivity index (χ0v) is 18.4. The number of amides is 2. The van der Waals surface area contributed by atoms with E-state index in [4.69, 9.17) is 0 Å². The number of carbonyl (C=O) groups excluding carboxylic acids is 2. The standard InChI is InChI=1S/C25H20N2O4S/c1-3-19-20-14-15-26(32(30,31)18-12-8-5-9-13-18)23(20)16(2)21-22(19)25(29)27(24(21)28)17-10-6-4-7-11-17/h4-15H,3H2,1-2H3. The molecular formula is C25H20N2O4S. The Morgan fingerprint density at radius 2 is 1.41 bits per heavy atom. The number of hydrogen-bond acceptors (Lipinski definition) is 4. The van der Waals surface area contributed by atoms with Crippen LogP contribution in [0.5, 0.6) is 0 Å². The average molecular weight is 445 g/mol. The quantitative estimate of drug-likeness (QED) is 0.433. The summed E-state index contributed by atoms with van der Waals surface area (Å²) in [7, 11) is -3.88. The molecule has 0 fully saturated rings. The Labute approximate surface area is 185 Å². The SMILES string of the molecule is CCc1c2c(c(C)c3c1ccn3S(=O)(=O)c1ccccc1)C(=O)N(c1ccccc1)C2=O. The summed E-state index contributed by atoms with van der Waals surface area (Å²) in [6.45, 7) is 3.60. The van der Waals surface area contributed by atoms with Crippen molar-refractivity contribution in [3.63, 3.8) is 0 Å². The van der Waals surface area contributed by atoms with Gasteiger partial charge in [-0.15, -0.1) is 0 Å². The van der Waals surface area contributed by atoms with Gasteiger partial charge in [-0.05, 0) is 54.8 Å². The van der Waals surface area contributed by atoms with Crippen LogP contribution in [0.15, 0.2) is 77.8 Å². The van der Waals surface area contributed by atoms with Crippen LogP contribution in [0.3, 0.4) is 0 Å². The number of imide groups is 1. The van der Waals surface area contributed by atoms with Gasteiger partial charge in [0.15, 0.2) is 0 Å². The maximum Gasteiger partial charge on any atom is 0.268 e. The van der Waals surface area contributed by atoms with E-state index in [1.165, 1.54) is 27.2 Å². The molecule has 0 unspecified atom stereocenters. The van der Waals surface area contributed by atoms with E-state index in [0.29, 0.717) is 39.7 Å². The number of fused-ring (bicyclic) bond motifs is 2. The van der Waals surface area contributed by atoms with Gasteiger partial charge in [-0.2, -0.15) is 0 Å². The zero-order valence-electron chi connectivity index (χ0n) is 17.6. The average Bonchev–Trinajstić information content (AvgIpc) is 3.36. The molecule has 6 nitrogen and oxygen atoms in total. The van der Waals surface area contributed by atoms with Crippen LogP contribution in [0, 0.1) is 6.92 Å². The summed E-state index contributed by atoms with van der Waals surface area (Å²) in [6, 6.07) is 18.6. The van der Waals surface area contributed by atoms with Crippen LogP contribution < -0.4 is 4.90 Å². The van der Waals surface area contributed by atoms with E-state index in [9.17, 15) is 18.0 Å². The molecule has 2 amide bonds. The van der Waals surface area contributed by atoms with Crippen LogP contribution in [0.25, 0.3) is 10.9 Å². The first-order valence-corrected chi connectivity index (χ1v) is 11.7. The Bertz CT molecular complexity index is 1500. The predicted molar refractivity (Wildman–Crippen MR) is 123 cm³/mol. The van der Waals surface area contributed by atoms with E-state index in [-0.39, 0.29) is 16.4 Å². The van der Waals surface area contributed by atoms with Gasteiger partial charge >= 0.3 is 0 Å². The maximum atomic E-state index is 13.4. The Balaban J connectivity index is 1.81. The van der Waals surface area contributed by atoms with Crippen molar-refractivity contribution in [3.8, 4) is 0 Å². The van der Waals surface area contributed by atoms with E-state index in [2.05, 4.69) is 0 Å². The summed E-state index contributed by atoms with van der Waals surface area (Å²) in [5.41, 5.74) is 2.71. The first-order valence-electron chi connectivity index (χ1n) is 10.3. The van der Waals surface area contributed by atoms with E-state index >= 15 is 0 Å². The molecule has 0 aliphatic carbocycles. The number of rotatable bonds is 4. The highest BCUT2D eigenvalue weighted by Crippen LogP contribution is 2.39. The van der Waals surface area contributed by atoms with Crippen LogP contribution in [-0.4, -0.2) is 24.2 Å². The highest BCUT2D eigenvalue weighted by Gasteiger charge is 2.41. The van der Waals surface area contributed by atoms with Crippen molar-refractivity contribution in [2.75, 3.05) is 4.90 Å². The molecule has 1 aliphatic heterocycles. The van der Waals surface area contributed by atoms with Gasteiger partial charge in [-0.3, -0.25) is 9.59 Å². The zero-order chi connectivity index (χ0) is 22.6. The molecule has 1 aliphatic rings. The van der Waals surface area contributed by atoms with Crippen LogP contribution >= 0.6 is 0 Å². The highest BCUT2D eigenvalue weighted by molar-refractivity contribution is 7.90. The van der Waals surface area contributed by atoms with Crippen molar-refractivity contribution < 1.29 is 18.0 Å². The van der Waals surface area contributed by atoms with Crippen LogP contribution in [0.1, 0.15) is 38.8 Å². The van der Waals surface area contributed by atoms with Crippen LogP contribution in [0.4, 0.5) is 5.69 Å². The second-order valence-corrected chi connectivity index (χ2v) is 9.50. The van der Waals surface area contributed by atoms with Crippen LogP contribution in [-0.2, 0) is 16.4 Å². The summed E-state index contributed by atoms with van der Waals surface area (Å²) in [4.78, 5) is 28.2. The summed E-state index contributed by atoms with van der Waals surface area (Å²) < 4.78 is 28.0.